The summed E-state index contributed by atoms with van der Waals surface area (Å²) in [6.07, 6.45) is 1.80. The molecule has 3 aromatic rings. The van der Waals surface area contributed by atoms with E-state index in [2.05, 4.69) is 17.2 Å². The number of aliphatic hydroxyl groups excluding tert-OH is 1. The predicted octanol–water partition coefficient (Wildman–Crippen LogP) is 3.54. The molecule has 4 rings (SSSR count). The molecule has 1 atom stereocenters. The van der Waals surface area contributed by atoms with E-state index in [0.29, 0.717) is 10.7 Å². The van der Waals surface area contributed by atoms with Crippen molar-refractivity contribution < 1.29 is 5.11 Å². The van der Waals surface area contributed by atoms with Crippen LogP contribution in [0.4, 0.5) is 0 Å². The van der Waals surface area contributed by atoms with Crippen molar-refractivity contribution in [2.75, 3.05) is 0 Å². The first-order valence-corrected chi connectivity index (χ1v) is 7.72. The van der Waals surface area contributed by atoms with Crippen molar-refractivity contribution in [3.8, 4) is 5.69 Å². The number of hydrogen-bond acceptors (Lipinski definition) is 3. The maximum Gasteiger partial charge on any atom is 0.102 e. The molecular weight excluding hydrogens is 310 g/mol. The van der Waals surface area contributed by atoms with Gasteiger partial charge in [0.1, 0.15) is 6.04 Å². The Morgan fingerprint density at radius 2 is 1.91 bits per heavy atom. The van der Waals surface area contributed by atoms with E-state index >= 15 is 0 Å². The summed E-state index contributed by atoms with van der Waals surface area (Å²) >= 11 is 6.22. The monoisotopic (exact) mass is 323 g/mol. The number of hydrogen-bond donors (Lipinski definition) is 1. The molecule has 1 N–H and O–H groups in total. The van der Waals surface area contributed by atoms with Crippen molar-refractivity contribution in [3.05, 3.63) is 82.1 Å². The van der Waals surface area contributed by atoms with Crippen molar-refractivity contribution in [1.29, 1.82) is 0 Å². The summed E-state index contributed by atoms with van der Waals surface area (Å²) in [5.41, 5.74) is 4.48. The van der Waals surface area contributed by atoms with E-state index in [1.165, 1.54) is 0 Å². The van der Waals surface area contributed by atoms with Crippen LogP contribution in [0.2, 0.25) is 5.02 Å². The molecule has 2 aromatic carbocycles. The van der Waals surface area contributed by atoms with E-state index in [4.69, 9.17) is 16.6 Å². The molecule has 0 fully saturated rings. The van der Waals surface area contributed by atoms with Crippen LogP contribution in [0.1, 0.15) is 28.6 Å². The summed E-state index contributed by atoms with van der Waals surface area (Å²) in [5.74, 6) is 0. The molecule has 114 valence electrons. The van der Waals surface area contributed by atoms with Crippen molar-refractivity contribution in [3.63, 3.8) is 0 Å². The summed E-state index contributed by atoms with van der Waals surface area (Å²) in [7, 11) is 0. The van der Waals surface area contributed by atoms with Gasteiger partial charge in [0.25, 0.3) is 0 Å². The zero-order valence-electron chi connectivity index (χ0n) is 12.2. The lowest BCUT2D eigenvalue weighted by atomic mass is 9.98. The van der Waals surface area contributed by atoms with E-state index in [1.54, 1.807) is 6.21 Å². The minimum atomic E-state index is -0.135. The Bertz CT molecular complexity index is 887. The summed E-state index contributed by atoms with van der Waals surface area (Å²) in [6.45, 7) is -0.0983. The lowest BCUT2D eigenvalue weighted by Crippen LogP contribution is -2.05. The van der Waals surface area contributed by atoms with Crippen LogP contribution in [0.15, 0.2) is 59.6 Å². The molecule has 4 nitrogen and oxygen atoms in total. The van der Waals surface area contributed by atoms with Gasteiger partial charge in [0.15, 0.2) is 0 Å². The fraction of sp³-hybridized carbons (Fsp3) is 0.111. The first kappa shape index (κ1) is 14.2. The van der Waals surface area contributed by atoms with Crippen molar-refractivity contribution in [2.45, 2.75) is 12.6 Å². The smallest absolute Gasteiger partial charge is 0.102 e. The molecule has 2 heterocycles. The highest BCUT2D eigenvalue weighted by atomic mass is 35.5. The quantitative estimate of drug-likeness (QED) is 0.784. The average molecular weight is 324 g/mol. The van der Waals surface area contributed by atoms with Crippen molar-refractivity contribution >= 4 is 17.8 Å². The van der Waals surface area contributed by atoms with Gasteiger partial charge < -0.3 is 5.11 Å². The molecule has 0 saturated carbocycles. The van der Waals surface area contributed by atoms with Gasteiger partial charge in [0.05, 0.1) is 23.7 Å². The molecule has 1 unspecified atom stereocenters. The van der Waals surface area contributed by atoms with E-state index in [0.717, 1.165) is 22.5 Å². The topological polar surface area (TPSA) is 50.4 Å². The molecule has 0 saturated heterocycles. The second kappa shape index (κ2) is 5.65. The van der Waals surface area contributed by atoms with Crippen LogP contribution >= 0.6 is 11.6 Å². The minimum absolute atomic E-state index is 0.0983. The average Bonchev–Trinajstić information content (AvgIpc) is 2.93. The number of aromatic nitrogens is 2. The fourth-order valence-electron chi connectivity index (χ4n) is 2.88. The number of benzene rings is 2. The number of nitrogens with zero attached hydrogens (tertiary/aromatic N) is 3. The van der Waals surface area contributed by atoms with Gasteiger partial charge in [-0.25, -0.2) is 4.68 Å². The van der Waals surface area contributed by atoms with Crippen LogP contribution in [-0.4, -0.2) is 21.1 Å². The van der Waals surface area contributed by atoms with Gasteiger partial charge in [-0.1, -0.05) is 41.9 Å². The third-order valence-corrected chi connectivity index (χ3v) is 4.17. The second-order valence-corrected chi connectivity index (χ2v) is 5.86. The normalized spacial score (nSPS) is 15.8. The number of aliphatic imine (C=N–C) groups is 1. The van der Waals surface area contributed by atoms with Gasteiger partial charge in [0, 0.05) is 16.8 Å². The first-order chi connectivity index (χ1) is 11.3. The minimum Gasteiger partial charge on any atom is -0.390 e. The van der Waals surface area contributed by atoms with Gasteiger partial charge >= 0.3 is 0 Å². The van der Waals surface area contributed by atoms with Gasteiger partial charge in [0.2, 0.25) is 0 Å². The molecule has 23 heavy (non-hydrogen) atoms. The Kier molecular flexibility index (Phi) is 3.48. The molecular formula is C18H14ClN3O. The lowest BCUT2D eigenvalue weighted by molar-refractivity contribution is 0.276. The third kappa shape index (κ3) is 2.46. The molecule has 0 amide bonds. The van der Waals surface area contributed by atoms with Gasteiger partial charge in [-0.05, 0) is 29.8 Å². The number of rotatable bonds is 2. The molecule has 5 heteroatoms. The molecule has 1 aromatic heterocycles. The summed E-state index contributed by atoms with van der Waals surface area (Å²) in [4.78, 5) is 4.74. The SMILES string of the molecule is OCc1cc2n(n1)-c1ccc(Cl)cc1C(c1ccccc1)N=C2. The Morgan fingerprint density at radius 1 is 1.09 bits per heavy atom. The Labute approximate surface area is 138 Å². The van der Waals surface area contributed by atoms with E-state index in [1.807, 2.05) is 47.1 Å². The predicted molar refractivity (Wildman–Crippen MR) is 90.4 cm³/mol. The van der Waals surface area contributed by atoms with Gasteiger partial charge in [-0.15, -0.1) is 0 Å². The maximum atomic E-state index is 9.34. The Balaban J connectivity index is 1.95. The zero-order valence-corrected chi connectivity index (χ0v) is 13.0. The molecule has 1 aliphatic rings. The summed E-state index contributed by atoms with van der Waals surface area (Å²) < 4.78 is 1.81. The maximum absolute atomic E-state index is 9.34. The Hall–Kier alpha value is -2.43. The number of aliphatic hydroxyl groups is 1. The van der Waals surface area contributed by atoms with Crippen LogP contribution in [-0.2, 0) is 6.61 Å². The van der Waals surface area contributed by atoms with Crippen LogP contribution < -0.4 is 0 Å². The van der Waals surface area contributed by atoms with Crippen molar-refractivity contribution in [2.24, 2.45) is 4.99 Å². The Morgan fingerprint density at radius 3 is 2.70 bits per heavy atom. The van der Waals surface area contributed by atoms with Crippen LogP contribution in [0.5, 0.6) is 0 Å². The lowest BCUT2D eigenvalue weighted by Gasteiger charge is -2.16. The van der Waals surface area contributed by atoms with Crippen LogP contribution in [0.3, 0.4) is 0 Å². The number of halogens is 1. The highest BCUT2D eigenvalue weighted by Crippen LogP contribution is 2.34. The van der Waals surface area contributed by atoms with E-state index < -0.39 is 0 Å². The zero-order chi connectivity index (χ0) is 15.8. The first-order valence-electron chi connectivity index (χ1n) is 7.34. The van der Waals surface area contributed by atoms with E-state index in [9.17, 15) is 5.11 Å². The van der Waals surface area contributed by atoms with Gasteiger partial charge in [-0.2, -0.15) is 5.10 Å². The molecule has 0 aliphatic carbocycles. The molecule has 1 aliphatic heterocycles. The third-order valence-electron chi connectivity index (χ3n) is 3.93. The summed E-state index contributed by atoms with van der Waals surface area (Å²) in [5, 5.41) is 14.5. The van der Waals surface area contributed by atoms with Crippen LogP contribution in [0, 0.1) is 0 Å². The number of fused-ring (bicyclic) bond motifs is 3. The molecule has 0 radical (unpaired) electrons. The highest BCUT2D eigenvalue weighted by molar-refractivity contribution is 6.30. The largest absolute Gasteiger partial charge is 0.390 e. The summed E-state index contributed by atoms with van der Waals surface area (Å²) in [6, 6.07) is 17.5. The fourth-order valence-corrected chi connectivity index (χ4v) is 3.06. The van der Waals surface area contributed by atoms with Crippen LogP contribution in [0.25, 0.3) is 5.69 Å². The molecule has 0 bridgehead atoms. The molecule has 0 spiro atoms. The highest BCUT2D eigenvalue weighted by Gasteiger charge is 2.22. The van der Waals surface area contributed by atoms with E-state index in [-0.39, 0.29) is 12.6 Å². The van der Waals surface area contributed by atoms with Gasteiger partial charge in [-0.3, -0.25) is 4.99 Å². The van der Waals surface area contributed by atoms with Crippen molar-refractivity contribution in [1.82, 2.24) is 9.78 Å². The second-order valence-electron chi connectivity index (χ2n) is 5.42. The standard InChI is InChI=1S/C18H14ClN3O/c19-13-6-7-17-16(8-13)18(12-4-2-1-3-5-12)20-10-15-9-14(11-23)21-22(15)17/h1-10,18,23H,11H2.